The molecule has 9 heteroatoms. The number of benzene rings is 1. The fourth-order valence-corrected chi connectivity index (χ4v) is 3.76. The zero-order chi connectivity index (χ0) is 22.5. The summed E-state index contributed by atoms with van der Waals surface area (Å²) in [4.78, 5) is 52.8. The Morgan fingerprint density at radius 1 is 1.23 bits per heavy atom. The van der Waals surface area contributed by atoms with E-state index in [1.165, 1.54) is 4.90 Å². The summed E-state index contributed by atoms with van der Waals surface area (Å²) in [7, 11) is 0. The van der Waals surface area contributed by atoms with E-state index in [1.54, 1.807) is 25.1 Å². The highest BCUT2D eigenvalue weighted by atomic mass is 16.5. The van der Waals surface area contributed by atoms with Crippen molar-refractivity contribution < 1.29 is 14.3 Å². The fraction of sp³-hybridized carbons (Fsp3) is 0.500. The molecule has 1 fully saturated rings. The van der Waals surface area contributed by atoms with Crippen LogP contribution >= 0.6 is 0 Å². The van der Waals surface area contributed by atoms with Gasteiger partial charge in [-0.05, 0) is 50.8 Å². The van der Waals surface area contributed by atoms with E-state index in [1.807, 2.05) is 19.9 Å². The molecule has 1 unspecified atom stereocenters. The molecule has 2 aromatic rings. The number of likely N-dealkylation sites (tertiary alicyclic amines) is 1. The van der Waals surface area contributed by atoms with Gasteiger partial charge < -0.3 is 9.64 Å². The number of aromatic nitrogens is 3. The number of hydrogen-bond acceptors (Lipinski definition) is 6. The quantitative estimate of drug-likeness (QED) is 0.647. The molecule has 0 aliphatic carbocycles. The summed E-state index contributed by atoms with van der Waals surface area (Å²) in [6, 6.07) is 7.13. The molecule has 2 heterocycles. The summed E-state index contributed by atoms with van der Waals surface area (Å²) in [6.07, 6.45) is 1.80. The largest absolute Gasteiger partial charge is 0.466 e. The smallest absolute Gasteiger partial charge is 0.352 e. The van der Waals surface area contributed by atoms with Gasteiger partial charge in [0.05, 0.1) is 18.2 Å². The number of hydrogen-bond donors (Lipinski definition) is 0. The first kappa shape index (κ1) is 22.5. The number of nitrogens with zero attached hydrogens (tertiary/aromatic N) is 4. The first-order valence-corrected chi connectivity index (χ1v) is 10.6. The molecule has 0 saturated carbocycles. The Balaban J connectivity index is 2.03. The maximum absolute atomic E-state index is 13.2. The lowest BCUT2D eigenvalue weighted by atomic mass is 9.98. The summed E-state index contributed by atoms with van der Waals surface area (Å²) in [6.45, 7) is 6.48. The summed E-state index contributed by atoms with van der Waals surface area (Å²) >= 11 is 0. The molecule has 1 atom stereocenters. The highest BCUT2D eigenvalue weighted by molar-refractivity contribution is 5.92. The number of carbonyl (C=O) groups is 2. The van der Waals surface area contributed by atoms with Gasteiger partial charge in [0.25, 0.3) is 11.5 Å². The zero-order valence-corrected chi connectivity index (χ0v) is 18.2. The Morgan fingerprint density at radius 2 is 2.00 bits per heavy atom. The van der Waals surface area contributed by atoms with Crippen LogP contribution in [0, 0.1) is 12.8 Å². The number of piperidine rings is 1. The van der Waals surface area contributed by atoms with Crippen molar-refractivity contribution >= 4 is 11.9 Å². The van der Waals surface area contributed by atoms with Crippen LogP contribution in [0.4, 0.5) is 0 Å². The van der Waals surface area contributed by atoms with E-state index in [0.29, 0.717) is 31.5 Å². The third-order valence-corrected chi connectivity index (χ3v) is 5.28. The van der Waals surface area contributed by atoms with Gasteiger partial charge in [0.15, 0.2) is 0 Å². The van der Waals surface area contributed by atoms with Crippen LogP contribution in [0.5, 0.6) is 0 Å². The van der Waals surface area contributed by atoms with Crippen molar-refractivity contribution in [2.24, 2.45) is 5.92 Å². The van der Waals surface area contributed by atoms with E-state index in [2.05, 4.69) is 5.10 Å². The molecule has 1 aliphatic rings. The number of amides is 1. The van der Waals surface area contributed by atoms with Crippen LogP contribution in [0.1, 0.15) is 49.2 Å². The number of ether oxygens (including phenoxy) is 1. The fourth-order valence-electron chi connectivity index (χ4n) is 3.76. The number of rotatable bonds is 6. The molecule has 0 radical (unpaired) electrons. The van der Waals surface area contributed by atoms with E-state index >= 15 is 0 Å². The van der Waals surface area contributed by atoms with Crippen molar-refractivity contribution in [2.75, 3.05) is 19.7 Å². The third kappa shape index (κ3) is 4.76. The lowest BCUT2D eigenvalue weighted by molar-refractivity contribution is -0.149. The standard InChI is InChI=1S/C22H28N4O5/c1-4-11-25-20(28)18(23-26(22(25)30)17-10-6-8-15(3)13-17)19(27)24-12-7-9-16(14-24)21(29)31-5-2/h6,8,10,13,16H,4-5,7,9,11-12,14H2,1-3H3. The Morgan fingerprint density at radius 3 is 2.68 bits per heavy atom. The van der Waals surface area contributed by atoms with Gasteiger partial charge >= 0.3 is 11.7 Å². The molecule has 1 saturated heterocycles. The van der Waals surface area contributed by atoms with E-state index < -0.39 is 23.1 Å². The second-order valence-corrected chi connectivity index (χ2v) is 7.68. The van der Waals surface area contributed by atoms with Gasteiger partial charge in [-0.15, -0.1) is 0 Å². The van der Waals surface area contributed by atoms with Crippen LogP contribution in [-0.4, -0.2) is 50.8 Å². The highest BCUT2D eigenvalue weighted by Gasteiger charge is 2.32. The molecular weight excluding hydrogens is 400 g/mol. The predicted molar refractivity (Wildman–Crippen MR) is 114 cm³/mol. The molecule has 0 bridgehead atoms. The minimum atomic E-state index is -0.709. The van der Waals surface area contributed by atoms with Gasteiger partial charge in [-0.2, -0.15) is 9.78 Å². The van der Waals surface area contributed by atoms with Crippen molar-refractivity contribution in [3.05, 3.63) is 56.4 Å². The molecule has 31 heavy (non-hydrogen) atoms. The van der Waals surface area contributed by atoms with Crippen LogP contribution in [0.15, 0.2) is 33.9 Å². The number of esters is 1. The van der Waals surface area contributed by atoms with Gasteiger partial charge in [-0.1, -0.05) is 19.1 Å². The lowest BCUT2D eigenvalue weighted by Gasteiger charge is -2.31. The van der Waals surface area contributed by atoms with Crippen molar-refractivity contribution in [1.82, 2.24) is 19.2 Å². The van der Waals surface area contributed by atoms with Gasteiger partial charge in [0, 0.05) is 19.6 Å². The molecule has 9 nitrogen and oxygen atoms in total. The topological polar surface area (TPSA) is 104 Å². The molecule has 0 spiro atoms. The van der Waals surface area contributed by atoms with Crippen LogP contribution in [0.2, 0.25) is 0 Å². The lowest BCUT2D eigenvalue weighted by Crippen LogP contribution is -2.49. The summed E-state index contributed by atoms with van der Waals surface area (Å²) in [5.74, 6) is -1.36. The van der Waals surface area contributed by atoms with E-state index in [9.17, 15) is 19.2 Å². The number of carbonyl (C=O) groups excluding carboxylic acids is 2. The Hall–Kier alpha value is -3.23. The molecule has 166 valence electrons. The zero-order valence-electron chi connectivity index (χ0n) is 18.2. The molecule has 3 rings (SSSR count). The van der Waals surface area contributed by atoms with Crippen LogP contribution in [-0.2, 0) is 16.1 Å². The van der Waals surface area contributed by atoms with Crippen LogP contribution in [0.25, 0.3) is 5.69 Å². The van der Waals surface area contributed by atoms with Crippen LogP contribution < -0.4 is 11.2 Å². The molecule has 1 aromatic carbocycles. The summed E-state index contributed by atoms with van der Waals surface area (Å²) < 4.78 is 7.24. The Kier molecular flexibility index (Phi) is 7.04. The van der Waals surface area contributed by atoms with Crippen molar-refractivity contribution in [3.8, 4) is 5.69 Å². The van der Waals surface area contributed by atoms with Gasteiger partial charge in [-0.25, -0.2) is 4.79 Å². The molecule has 0 N–H and O–H groups in total. The Bertz CT molecular complexity index is 1090. The van der Waals surface area contributed by atoms with Gasteiger partial charge in [0.1, 0.15) is 0 Å². The molecule has 1 aliphatic heterocycles. The van der Waals surface area contributed by atoms with E-state index in [-0.39, 0.29) is 31.4 Å². The molecule has 1 amide bonds. The second kappa shape index (κ2) is 9.72. The molecular formula is C22H28N4O5. The van der Waals surface area contributed by atoms with Gasteiger partial charge in [0.2, 0.25) is 5.69 Å². The van der Waals surface area contributed by atoms with Crippen molar-refractivity contribution in [2.45, 2.75) is 46.6 Å². The van der Waals surface area contributed by atoms with E-state index in [0.717, 1.165) is 14.8 Å². The predicted octanol–water partition coefficient (Wildman–Crippen LogP) is 1.53. The van der Waals surface area contributed by atoms with Gasteiger partial charge in [-0.3, -0.25) is 19.0 Å². The minimum absolute atomic E-state index is 0.163. The van der Waals surface area contributed by atoms with Crippen molar-refractivity contribution in [3.63, 3.8) is 0 Å². The first-order chi connectivity index (χ1) is 14.9. The monoisotopic (exact) mass is 428 g/mol. The first-order valence-electron chi connectivity index (χ1n) is 10.6. The van der Waals surface area contributed by atoms with Crippen molar-refractivity contribution in [1.29, 1.82) is 0 Å². The van der Waals surface area contributed by atoms with E-state index in [4.69, 9.17) is 4.74 Å². The number of aryl methyl sites for hydroxylation is 1. The SMILES string of the molecule is CCCn1c(=O)c(C(=O)N2CCCC(C(=O)OCC)C2)nn(-c2cccc(C)c2)c1=O. The van der Waals surface area contributed by atoms with Crippen LogP contribution in [0.3, 0.4) is 0 Å². The summed E-state index contributed by atoms with van der Waals surface area (Å²) in [5, 5.41) is 4.17. The summed E-state index contributed by atoms with van der Waals surface area (Å²) in [5.41, 5.74) is -0.220. The highest BCUT2D eigenvalue weighted by Crippen LogP contribution is 2.19. The molecule has 1 aromatic heterocycles. The minimum Gasteiger partial charge on any atom is -0.466 e. The maximum Gasteiger partial charge on any atom is 0.352 e. The maximum atomic E-state index is 13.2. The normalized spacial score (nSPS) is 16.2. The average molecular weight is 428 g/mol. The third-order valence-electron chi connectivity index (χ3n) is 5.28. The second-order valence-electron chi connectivity index (χ2n) is 7.68. The Labute approximate surface area is 180 Å². The average Bonchev–Trinajstić information content (AvgIpc) is 2.76.